The summed E-state index contributed by atoms with van der Waals surface area (Å²) in [6.45, 7) is 0. The third kappa shape index (κ3) is 1.49. The van der Waals surface area contributed by atoms with Gasteiger partial charge in [0.15, 0.2) is 0 Å². The van der Waals surface area contributed by atoms with Crippen LogP contribution in [-0.2, 0) is 6.18 Å². The molecule has 0 saturated carbocycles. The zero-order valence-corrected chi connectivity index (χ0v) is 8.18. The molecular weight excluding hydrogens is 235 g/mol. The number of fused-ring (bicyclic) bond motifs is 3. The van der Waals surface area contributed by atoms with Gasteiger partial charge < -0.3 is 0 Å². The van der Waals surface area contributed by atoms with Gasteiger partial charge in [-0.15, -0.1) is 9.73 Å². The summed E-state index contributed by atoms with van der Waals surface area (Å²) in [5.74, 6) is 0. The fraction of sp³-hybridized carbons (Fsp3) is 0.111. The van der Waals surface area contributed by atoms with E-state index in [1.165, 1.54) is 12.3 Å². The molecule has 86 valence electrons. The Morgan fingerprint density at radius 2 is 2.00 bits per heavy atom. The molecule has 2 heterocycles. The lowest BCUT2D eigenvalue weighted by Gasteiger charge is -2.07. The summed E-state index contributed by atoms with van der Waals surface area (Å²) in [4.78, 5) is 0. The smallest absolute Gasteiger partial charge is 0.166 e. The van der Waals surface area contributed by atoms with E-state index in [0.29, 0.717) is 16.4 Å². The molecule has 3 aromatic rings. The Bertz CT molecular complexity index is 702. The third-order valence-electron chi connectivity index (χ3n) is 2.38. The minimum atomic E-state index is -4.37. The first-order chi connectivity index (χ1) is 8.05. The van der Waals surface area contributed by atoms with Gasteiger partial charge in [-0.05, 0) is 28.6 Å². The van der Waals surface area contributed by atoms with Gasteiger partial charge in [-0.2, -0.15) is 18.3 Å². The van der Waals surface area contributed by atoms with Gasteiger partial charge in [0, 0.05) is 10.8 Å². The fourth-order valence-corrected chi connectivity index (χ4v) is 1.59. The van der Waals surface area contributed by atoms with E-state index in [1.807, 2.05) is 0 Å². The molecule has 8 heteroatoms. The van der Waals surface area contributed by atoms with Gasteiger partial charge >= 0.3 is 6.18 Å². The van der Waals surface area contributed by atoms with Crippen LogP contribution in [0.2, 0.25) is 0 Å². The normalized spacial score (nSPS) is 12.4. The Morgan fingerprint density at radius 3 is 2.76 bits per heavy atom. The van der Waals surface area contributed by atoms with Crippen molar-refractivity contribution >= 4 is 16.4 Å². The van der Waals surface area contributed by atoms with E-state index >= 15 is 0 Å². The molecule has 3 rings (SSSR count). The molecule has 2 aromatic heterocycles. The quantitative estimate of drug-likeness (QED) is 0.599. The Balaban J connectivity index is 2.34. The summed E-state index contributed by atoms with van der Waals surface area (Å²) in [5.41, 5.74) is -0.389. The lowest BCUT2D eigenvalue weighted by Crippen LogP contribution is -2.04. The van der Waals surface area contributed by atoms with E-state index in [4.69, 9.17) is 0 Å². The van der Waals surface area contributed by atoms with Crippen molar-refractivity contribution in [1.82, 2.24) is 25.3 Å². The predicted octanol–water partition coefficient (Wildman–Crippen LogP) is 1.69. The van der Waals surface area contributed by atoms with Crippen LogP contribution in [0, 0.1) is 0 Å². The molecular formula is C9H4F3N5. The van der Waals surface area contributed by atoms with Gasteiger partial charge in [0.25, 0.3) is 0 Å². The second kappa shape index (κ2) is 3.12. The molecule has 0 radical (unpaired) electrons. The third-order valence-corrected chi connectivity index (χ3v) is 2.38. The second-order valence-electron chi connectivity index (χ2n) is 3.44. The van der Waals surface area contributed by atoms with E-state index in [9.17, 15) is 13.2 Å². The van der Waals surface area contributed by atoms with Crippen molar-refractivity contribution in [1.29, 1.82) is 0 Å². The molecule has 0 spiro atoms. The first-order valence-corrected chi connectivity index (χ1v) is 4.60. The monoisotopic (exact) mass is 239 g/mol. The van der Waals surface area contributed by atoms with Crippen LogP contribution in [0.3, 0.4) is 0 Å². The number of alkyl halides is 3. The average Bonchev–Trinajstić information content (AvgIpc) is 2.75. The topological polar surface area (TPSA) is 56.0 Å². The summed E-state index contributed by atoms with van der Waals surface area (Å²) in [7, 11) is 0. The first-order valence-electron chi connectivity index (χ1n) is 4.60. The summed E-state index contributed by atoms with van der Waals surface area (Å²) >= 11 is 0. The van der Waals surface area contributed by atoms with Crippen molar-refractivity contribution in [2.75, 3.05) is 0 Å². The van der Waals surface area contributed by atoms with Crippen LogP contribution in [0.15, 0.2) is 24.4 Å². The minimum absolute atomic E-state index is 0.330. The molecule has 17 heavy (non-hydrogen) atoms. The molecule has 5 nitrogen and oxygen atoms in total. The van der Waals surface area contributed by atoms with E-state index < -0.39 is 11.7 Å². The largest absolute Gasteiger partial charge is 0.416 e. The van der Waals surface area contributed by atoms with Crippen LogP contribution >= 0.6 is 0 Å². The Labute approximate surface area is 91.8 Å². The Morgan fingerprint density at radius 1 is 1.18 bits per heavy atom. The zero-order chi connectivity index (χ0) is 12.0. The van der Waals surface area contributed by atoms with Crippen molar-refractivity contribution in [2.24, 2.45) is 0 Å². The molecule has 0 aliphatic carbocycles. The van der Waals surface area contributed by atoms with E-state index in [-0.39, 0.29) is 0 Å². The van der Waals surface area contributed by atoms with Crippen molar-refractivity contribution in [3.8, 4) is 0 Å². The van der Waals surface area contributed by atoms with Crippen molar-refractivity contribution in [3.63, 3.8) is 0 Å². The maximum atomic E-state index is 12.5. The molecule has 0 saturated heterocycles. The fourth-order valence-electron chi connectivity index (χ4n) is 1.59. The van der Waals surface area contributed by atoms with E-state index in [1.54, 1.807) is 0 Å². The van der Waals surface area contributed by atoms with Gasteiger partial charge in [0.05, 0.1) is 11.8 Å². The minimum Gasteiger partial charge on any atom is -0.166 e. The van der Waals surface area contributed by atoms with Crippen molar-refractivity contribution < 1.29 is 13.2 Å². The van der Waals surface area contributed by atoms with Crippen LogP contribution < -0.4 is 0 Å². The molecule has 0 bridgehead atoms. The molecule has 1 aromatic carbocycles. The van der Waals surface area contributed by atoms with Crippen molar-refractivity contribution in [3.05, 3.63) is 30.0 Å². The maximum Gasteiger partial charge on any atom is 0.416 e. The summed E-state index contributed by atoms with van der Waals surface area (Å²) in [6, 6.07) is 3.36. The lowest BCUT2D eigenvalue weighted by molar-refractivity contribution is -0.137. The molecule has 0 aliphatic heterocycles. The Kier molecular flexibility index (Phi) is 1.83. The molecule has 0 atom stereocenters. The Hall–Kier alpha value is -2.25. The van der Waals surface area contributed by atoms with Gasteiger partial charge in [0.1, 0.15) is 0 Å². The molecule has 0 amide bonds. The number of rotatable bonds is 0. The molecule has 0 N–H and O–H groups in total. The highest BCUT2D eigenvalue weighted by atomic mass is 19.4. The number of hydrogen-bond acceptors (Lipinski definition) is 4. The van der Waals surface area contributed by atoms with E-state index in [2.05, 4.69) is 20.6 Å². The lowest BCUT2D eigenvalue weighted by atomic mass is 10.1. The molecule has 0 unspecified atom stereocenters. The van der Waals surface area contributed by atoms with Crippen LogP contribution in [0.25, 0.3) is 16.4 Å². The first kappa shape index (κ1) is 9.94. The second-order valence-corrected chi connectivity index (χ2v) is 3.44. The number of benzene rings is 1. The number of nitrogens with zero attached hydrogens (tertiary/aromatic N) is 5. The van der Waals surface area contributed by atoms with Gasteiger partial charge in [-0.25, -0.2) is 0 Å². The highest BCUT2D eigenvalue weighted by Crippen LogP contribution is 2.31. The maximum absolute atomic E-state index is 12.5. The highest BCUT2D eigenvalue weighted by Gasteiger charge is 2.30. The number of aromatic nitrogens is 5. The molecule has 0 fully saturated rings. The number of tetrazole rings is 1. The predicted molar refractivity (Wildman–Crippen MR) is 51.1 cm³/mol. The van der Waals surface area contributed by atoms with Crippen LogP contribution in [0.5, 0.6) is 0 Å². The van der Waals surface area contributed by atoms with E-state index in [0.717, 1.165) is 16.8 Å². The van der Waals surface area contributed by atoms with Crippen LogP contribution in [0.4, 0.5) is 13.2 Å². The zero-order valence-electron chi connectivity index (χ0n) is 8.18. The number of hydrogen-bond donors (Lipinski definition) is 0. The summed E-state index contributed by atoms with van der Waals surface area (Å²) in [6.07, 6.45) is -3.07. The average molecular weight is 239 g/mol. The van der Waals surface area contributed by atoms with Gasteiger partial charge in [0.2, 0.25) is 5.65 Å². The summed E-state index contributed by atoms with van der Waals surface area (Å²) in [5, 5.41) is 15.3. The van der Waals surface area contributed by atoms with Crippen LogP contribution in [-0.4, -0.2) is 25.3 Å². The number of halogens is 3. The summed E-state index contributed by atoms with van der Waals surface area (Å²) < 4.78 is 38.7. The van der Waals surface area contributed by atoms with Crippen LogP contribution in [0.1, 0.15) is 5.56 Å². The molecule has 0 aliphatic rings. The van der Waals surface area contributed by atoms with Crippen molar-refractivity contribution in [2.45, 2.75) is 6.18 Å². The standard InChI is InChI=1S/C9H4F3N5/c10-9(11,12)6-1-2-7-5(3-6)4-13-17-8(7)14-15-16-17/h1-4H. The van der Waals surface area contributed by atoms with Gasteiger partial charge in [-0.3, -0.25) is 0 Å². The highest BCUT2D eigenvalue weighted by molar-refractivity contribution is 5.93. The van der Waals surface area contributed by atoms with Gasteiger partial charge in [-0.1, -0.05) is 0 Å². The SMILES string of the molecule is FC(F)(F)c1ccc2c(cnn3nnnc23)c1.